The Labute approximate surface area is 82.9 Å². The van der Waals surface area contributed by atoms with E-state index in [9.17, 15) is 9.59 Å². The Morgan fingerprint density at radius 2 is 2.36 bits per heavy atom. The summed E-state index contributed by atoms with van der Waals surface area (Å²) in [6.07, 6.45) is 0.931. The van der Waals surface area contributed by atoms with Crippen LogP contribution in [0.3, 0.4) is 0 Å². The number of aliphatic hydroxyl groups excluding tert-OH is 1. The Hall–Kier alpha value is -0.940. The molecule has 0 aromatic rings. The number of carbonyl (C=O) groups is 2. The van der Waals surface area contributed by atoms with E-state index in [2.05, 4.69) is 10.6 Å². The monoisotopic (exact) mass is 200 g/mol. The third-order valence-electron chi connectivity index (χ3n) is 2.30. The van der Waals surface area contributed by atoms with Gasteiger partial charge in [-0.3, -0.25) is 14.9 Å². The first-order valence-electron chi connectivity index (χ1n) is 4.81. The highest BCUT2D eigenvalue weighted by atomic mass is 16.3. The second kappa shape index (κ2) is 5.07. The summed E-state index contributed by atoms with van der Waals surface area (Å²) < 4.78 is 0. The van der Waals surface area contributed by atoms with Gasteiger partial charge in [0.05, 0.1) is 12.5 Å². The second-order valence-corrected chi connectivity index (χ2v) is 3.69. The summed E-state index contributed by atoms with van der Waals surface area (Å²) in [5.74, 6) is -0.156. The van der Waals surface area contributed by atoms with Crippen molar-refractivity contribution in [3.63, 3.8) is 0 Å². The summed E-state index contributed by atoms with van der Waals surface area (Å²) in [7, 11) is 0. The SMILES string of the molecule is CC(CCO)CNC1CC(=O)NC1=O. The van der Waals surface area contributed by atoms with E-state index in [0.717, 1.165) is 0 Å². The van der Waals surface area contributed by atoms with Gasteiger partial charge in [-0.05, 0) is 18.9 Å². The van der Waals surface area contributed by atoms with Crippen LogP contribution in [0.4, 0.5) is 0 Å². The standard InChI is InChI=1S/C9H16N2O3/c1-6(2-3-12)5-10-7-4-8(13)11-9(7)14/h6-7,10,12H,2-5H2,1H3,(H,11,13,14). The summed E-state index contributed by atoms with van der Waals surface area (Å²) in [6.45, 7) is 2.78. The molecule has 2 atom stereocenters. The Morgan fingerprint density at radius 1 is 1.64 bits per heavy atom. The number of carbonyl (C=O) groups excluding carboxylic acids is 2. The van der Waals surface area contributed by atoms with Crippen molar-refractivity contribution < 1.29 is 14.7 Å². The highest BCUT2D eigenvalue weighted by Crippen LogP contribution is 2.04. The van der Waals surface area contributed by atoms with Gasteiger partial charge in [0, 0.05) is 6.61 Å². The summed E-state index contributed by atoms with van der Waals surface area (Å²) in [5, 5.41) is 13.9. The molecule has 1 saturated heterocycles. The Morgan fingerprint density at radius 3 is 2.86 bits per heavy atom. The largest absolute Gasteiger partial charge is 0.396 e. The van der Waals surface area contributed by atoms with Gasteiger partial charge < -0.3 is 10.4 Å². The molecule has 0 saturated carbocycles. The predicted molar refractivity (Wildman–Crippen MR) is 50.4 cm³/mol. The molecular formula is C9H16N2O3. The third kappa shape index (κ3) is 3.08. The van der Waals surface area contributed by atoms with E-state index < -0.39 is 0 Å². The smallest absolute Gasteiger partial charge is 0.244 e. The number of hydrogen-bond donors (Lipinski definition) is 3. The molecule has 3 N–H and O–H groups in total. The van der Waals surface area contributed by atoms with E-state index in [1.165, 1.54) is 0 Å². The molecule has 5 heteroatoms. The first-order valence-corrected chi connectivity index (χ1v) is 4.81. The molecule has 1 rings (SSSR count). The van der Waals surface area contributed by atoms with Gasteiger partial charge in [0.25, 0.3) is 0 Å². The molecule has 1 aliphatic rings. The van der Waals surface area contributed by atoms with Crippen molar-refractivity contribution in [3.8, 4) is 0 Å². The maximum Gasteiger partial charge on any atom is 0.244 e. The molecule has 2 amide bonds. The van der Waals surface area contributed by atoms with Crippen molar-refractivity contribution in [1.82, 2.24) is 10.6 Å². The number of nitrogens with one attached hydrogen (secondary N) is 2. The molecule has 0 aliphatic carbocycles. The van der Waals surface area contributed by atoms with Crippen molar-refractivity contribution in [1.29, 1.82) is 0 Å². The van der Waals surface area contributed by atoms with Crippen LogP contribution in [0.1, 0.15) is 19.8 Å². The van der Waals surface area contributed by atoms with Crippen LogP contribution in [0.15, 0.2) is 0 Å². The van der Waals surface area contributed by atoms with E-state index in [1.807, 2.05) is 6.92 Å². The van der Waals surface area contributed by atoms with E-state index in [-0.39, 0.29) is 30.9 Å². The Kier molecular flexibility index (Phi) is 4.03. The fourth-order valence-corrected chi connectivity index (χ4v) is 1.38. The minimum absolute atomic E-state index is 0.151. The van der Waals surface area contributed by atoms with Crippen molar-refractivity contribution in [2.24, 2.45) is 5.92 Å². The van der Waals surface area contributed by atoms with Crippen LogP contribution in [0, 0.1) is 5.92 Å². The molecule has 5 nitrogen and oxygen atoms in total. The van der Waals surface area contributed by atoms with Crippen molar-refractivity contribution in [2.45, 2.75) is 25.8 Å². The molecule has 2 unspecified atom stereocenters. The summed E-state index contributed by atoms with van der Waals surface area (Å²) >= 11 is 0. The van der Waals surface area contributed by atoms with Gasteiger partial charge in [0.2, 0.25) is 11.8 Å². The maximum atomic E-state index is 11.1. The third-order valence-corrected chi connectivity index (χ3v) is 2.30. The van der Waals surface area contributed by atoms with Crippen LogP contribution in [0.25, 0.3) is 0 Å². The minimum atomic E-state index is -0.386. The first kappa shape index (κ1) is 11.1. The molecule has 1 heterocycles. The molecule has 14 heavy (non-hydrogen) atoms. The summed E-state index contributed by atoms with van der Waals surface area (Å²) in [6, 6.07) is -0.386. The molecule has 0 bridgehead atoms. The predicted octanol–water partition coefficient (Wildman–Crippen LogP) is -0.990. The van der Waals surface area contributed by atoms with Crippen LogP contribution in [-0.2, 0) is 9.59 Å². The molecule has 0 radical (unpaired) electrons. The van der Waals surface area contributed by atoms with E-state index in [1.54, 1.807) is 0 Å². The van der Waals surface area contributed by atoms with Crippen LogP contribution in [-0.4, -0.2) is 36.1 Å². The van der Waals surface area contributed by atoms with E-state index >= 15 is 0 Å². The normalized spacial score (nSPS) is 23.7. The van der Waals surface area contributed by atoms with Gasteiger partial charge in [0.1, 0.15) is 0 Å². The van der Waals surface area contributed by atoms with Crippen molar-refractivity contribution in [3.05, 3.63) is 0 Å². The number of imide groups is 1. The molecule has 0 aromatic carbocycles. The van der Waals surface area contributed by atoms with E-state index in [4.69, 9.17) is 5.11 Å². The lowest BCUT2D eigenvalue weighted by molar-refractivity contribution is -0.125. The Bertz CT molecular complexity index is 230. The average molecular weight is 200 g/mol. The van der Waals surface area contributed by atoms with Gasteiger partial charge in [-0.2, -0.15) is 0 Å². The fraction of sp³-hybridized carbons (Fsp3) is 0.778. The number of aliphatic hydroxyl groups is 1. The lowest BCUT2D eigenvalue weighted by atomic mass is 10.1. The topological polar surface area (TPSA) is 78.4 Å². The van der Waals surface area contributed by atoms with E-state index in [0.29, 0.717) is 18.9 Å². The molecule has 1 aliphatic heterocycles. The highest BCUT2D eigenvalue weighted by molar-refractivity contribution is 6.05. The van der Waals surface area contributed by atoms with Crippen LogP contribution in [0.5, 0.6) is 0 Å². The van der Waals surface area contributed by atoms with Gasteiger partial charge in [-0.1, -0.05) is 6.92 Å². The minimum Gasteiger partial charge on any atom is -0.396 e. The zero-order valence-electron chi connectivity index (χ0n) is 8.25. The van der Waals surface area contributed by atoms with Gasteiger partial charge in [-0.15, -0.1) is 0 Å². The number of hydrogen-bond acceptors (Lipinski definition) is 4. The van der Waals surface area contributed by atoms with Gasteiger partial charge in [0.15, 0.2) is 0 Å². The number of amides is 2. The molecular weight excluding hydrogens is 184 g/mol. The molecule has 0 aromatic heterocycles. The molecule has 80 valence electrons. The average Bonchev–Trinajstić information content (AvgIpc) is 2.42. The molecule has 0 spiro atoms. The summed E-state index contributed by atoms with van der Waals surface area (Å²) in [4.78, 5) is 21.9. The fourth-order valence-electron chi connectivity index (χ4n) is 1.38. The zero-order chi connectivity index (χ0) is 10.6. The lowest BCUT2D eigenvalue weighted by Crippen LogP contribution is -2.38. The van der Waals surface area contributed by atoms with Crippen molar-refractivity contribution in [2.75, 3.05) is 13.2 Å². The zero-order valence-corrected chi connectivity index (χ0v) is 8.25. The summed E-state index contributed by atoms with van der Waals surface area (Å²) in [5.41, 5.74) is 0. The van der Waals surface area contributed by atoms with Crippen molar-refractivity contribution >= 4 is 11.8 Å². The molecule has 1 fully saturated rings. The highest BCUT2D eigenvalue weighted by Gasteiger charge is 2.29. The number of rotatable bonds is 5. The van der Waals surface area contributed by atoms with Crippen LogP contribution >= 0.6 is 0 Å². The van der Waals surface area contributed by atoms with Crippen LogP contribution < -0.4 is 10.6 Å². The Balaban J connectivity index is 2.24. The first-order chi connectivity index (χ1) is 6.63. The maximum absolute atomic E-state index is 11.1. The van der Waals surface area contributed by atoms with Gasteiger partial charge >= 0.3 is 0 Å². The van der Waals surface area contributed by atoms with Crippen LogP contribution in [0.2, 0.25) is 0 Å². The quantitative estimate of drug-likeness (QED) is 0.498. The second-order valence-electron chi connectivity index (χ2n) is 3.69. The van der Waals surface area contributed by atoms with Gasteiger partial charge in [-0.25, -0.2) is 0 Å². The lowest BCUT2D eigenvalue weighted by Gasteiger charge is -2.13.